The average molecular weight is 263 g/mol. The van der Waals surface area contributed by atoms with Gasteiger partial charge in [0, 0.05) is 12.6 Å². The van der Waals surface area contributed by atoms with Gasteiger partial charge in [-0.15, -0.1) is 23.2 Å². The number of halogens is 2. The monoisotopic (exact) mass is 262 g/mol. The first kappa shape index (κ1) is 13.6. The maximum Gasteiger partial charge on any atom is 0.241 e. The van der Waals surface area contributed by atoms with E-state index in [4.69, 9.17) is 23.2 Å². The lowest BCUT2D eigenvalue weighted by atomic mass is 10.0. The Balaban J connectivity index is 2.69. The summed E-state index contributed by atoms with van der Waals surface area (Å²) in [7, 11) is 0. The first-order valence-corrected chi connectivity index (χ1v) is 6.06. The van der Waals surface area contributed by atoms with E-state index in [1.165, 1.54) is 0 Å². The Kier molecular flexibility index (Phi) is 5.32. The number of carbonyl (C=O) groups is 1. The van der Waals surface area contributed by atoms with Crippen LogP contribution in [0.1, 0.15) is 13.3 Å². The third-order valence-corrected chi connectivity index (χ3v) is 2.74. The van der Waals surface area contributed by atoms with Crippen LogP contribution in [0.25, 0.3) is 0 Å². The van der Waals surface area contributed by atoms with Crippen molar-refractivity contribution in [2.75, 3.05) is 6.54 Å². The molecule has 1 saturated heterocycles. The zero-order valence-electron chi connectivity index (χ0n) is 9.17. The fraction of sp³-hybridized carbons (Fsp3) is 0.545. The molecule has 3 nitrogen and oxygen atoms in total. The second-order valence-electron chi connectivity index (χ2n) is 3.79. The molecular weight excluding hydrogens is 247 g/mol. The zero-order chi connectivity index (χ0) is 12.1. The highest BCUT2D eigenvalue weighted by molar-refractivity contribution is 6.44. The van der Waals surface area contributed by atoms with Gasteiger partial charge in [0.15, 0.2) is 0 Å². The van der Waals surface area contributed by atoms with Crippen LogP contribution in [-0.4, -0.2) is 29.4 Å². The molecule has 0 bridgehead atoms. The minimum Gasteiger partial charge on any atom is -0.351 e. The summed E-state index contributed by atoms with van der Waals surface area (Å²) < 4.78 is 0. The van der Waals surface area contributed by atoms with E-state index in [0.29, 0.717) is 6.42 Å². The molecule has 2 atom stereocenters. The molecule has 1 heterocycles. The molecule has 0 radical (unpaired) electrons. The van der Waals surface area contributed by atoms with Crippen molar-refractivity contribution in [2.24, 2.45) is 0 Å². The minimum atomic E-state index is -0.458. The Morgan fingerprint density at radius 1 is 1.69 bits per heavy atom. The summed E-state index contributed by atoms with van der Waals surface area (Å²) in [6.45, 7) is 6.39. The van der Waals surface area contributed by atoms with Crippen molar-refractivity contribution < 1.29 is 4.79 Å². The highest BCUT2D eigenvalue weighted by Gasteiger charge is 2.26. The summed E-state index contributed by atoms with van der Waals surface area (Å²) in [4.78, 5) is 11.3. The lowest BCUT2D eigenvalue weighted by molar-refractivity contribution is -0.124. The molecule has 1 amide bonds. The topological polar surface area (TPSA) is 41.1 Å². The molecule has 0 saturated carbocycles. The predicted molar refractivity (Wildman–Crippen MR) is 67.8 cm³/mol. The van der Waals surface area contributed by atoms with Crippen molar-refractivity contribution in [3.8, 4) is 0 Å². The van der Waals surface area contributed by atoms with E-state index < -0.39 is 4.84 Å². The molecule has 0 aromatic carbocycles. The maximum absolute atomic E-state index is 11.7. The molecule has 0 aromatic rings. The van der Waals surface area contributed by atoms with E-state index in [-0.39, 0.29) is 18.0 Å². The molecule has 1 rings (SSSR count). The Morgan fingerprint density at radius 2 is 2.38 bits per heavy atom. The Morgan fingerprint density at radius 3 is 2.88 bits per heavy atom. The lowest BCUT2D eigenvalue weighted by Crippen LogP contribution is -2.57. The smallest absolute Gasteiger partial charge is 0.241 e. The van der Waals surface area contributed by atoms with Gasteiger partial charge < -0.3 is 10.6 Å². The van der Waals surface area contributed by atoms with Gasteiger partial charge in [-0.3, -0.25) is 4.79 Å². The highest BCUT2D eigenvalue weighted by atomic mass is 35.5. The lowest BCUT2D eigenvalue weighted by Gasteiger charge is -2.29. The van der Waals surface area contributed by atoms with E-state index in [1.807, 2.05) is 13.0 Å². The van der Waals surface area contributed by atoms with Crippen LogP contribution in [0.3, 0.4) is 0 Å². The summed E-state index contributed by atoms with van der Waals surface area (Å²) in [6.07, 6.45) is 4.00. The Bertz CT molecular complexity index is 302. The van der Waals surface area contributed by atoms with Crippen molar-refractivity contribution >= 4 is 29.1 Å². The molecule has 1 fully saturated rings. The van der Waals surface area contributed by atoms with Crippen LogP contribution in [0, 0.1) is 0 Å². The van der Waals surface area contributed by atoms with Crippen LogP contribution in [0.2, 0.25) is 0 Å². The van der Waals surface area contributed by atoms with Gasteiger partial charge in [0.25, 0.3) is 0 Å². The van der Waals surface area contributed by atoms with Crippen LogP contribution in [0.15, 0.2) is 24.3 Å². The number of hydrogen-bond donors (Lipinski definition) is 2. The standard InChI is InChI=1S/C11H16Cl2N2O/c1-3-8(4-5-9(12)13)10-11(16)15-7(2)6-14-10/h3-4,7,9-10,14H,1,5-6H2,2H3,(H,15,16)/b8-4+/t7-,10+/m1/s1. The SMILES string of the molecule is C=C/C(=C\CC(Cl)Cl)[C@@H]1NC[C@@H](C)NC1=O. The van der Waals surface area contributed by atoms with Crippen LogP contribution >= 0.6 is 23.2 Å². The quantitative estimate of drug-likeness (QED) is 0.599. The Labute approximate surface area is 106 Å². The number of amides is 1. The summed E-state index contributed by atoms with van der Waals surface area (Å²) >= 11 is 11.3. The van der Waals surface area contributed by atoms with Gasteiger partial charge in [-0.1, -0.05) is 18.7 Å². The van der Waals surface area contributed by atoms with Crippen molar-refractivity contribution in [3.63, 3.8) is 0 Å². The number of piperazine rings is 1. The van der Waals surface area contributed by atoms with Crippen molar-refractivity contribution in [1.29, 1.82) is 0 Å². The van der Waals surface area contributed by atoms with Gasteiger partial charge in [-0.25, -0.2) is 0 Å². The second kappa shape index (κ2) is 6.28. The molecule has 0 aromatic heterocycles. The van der Waals surface area contributed by atoms with Gasteiger partial charge in [-0.05, 0) is 18.9 Å². The molecule has 16 heavy (non-hydrogen) atoms. The molecular formula is C11H16Cl2N2O. The zero-order valence-corrected chi connectivity index (χ0v) is 10.7. The maximum atomic E-state index is 11.7. The Hall–Kier alpha value is -0.510. The van der Waals surface area contributed by atoms with E-state index in [2.05, 4.69) is 17.2 Å². The third kappa shape index (κ3) is 3.81. The number of allylic oxidation sites excluding steroid dienone is 1. The number of nitrogens with one attached hydrogen (secondary N) is 2. The number of carbonyl (C=O) groups excluding carboxylic acids is 1. The summed E-state index contributed by atoms with van der Waals surface area (Å²) in [5.41, 5.74) is 0.815. The van der Waals surface area contributed by atoms with Gasteiger partial charge >= 0.3 is 0 Å². The van der Waals surface area contributed by atoms with Crippen LogP contribution < -0.4 is 10.6 Å². The van der Waals surface area contributed by atoms with E-state index in [1.54, 1.807) is 6.08 Å². The molecule has 1 aliphatic rings. The van der Waals surface area contributed by atoms with Crippen molar-refractivity contribution in [1.82, 2.24) is 10.6 Å². The number of rotatable bonds is 4. The fourth-order valence-electron chi connectivity index (χ4n) is 1.58. The molecule has 90 valence electrons. The van der Waals surface area contributed by atoms with E-state index in [0.717, 1.165) is 12.1 Å². The van der Waals surface area contributed by atoms with E-state index in [9.17, 15) is 4.79 Å². The summed E-state index contributed by atoms with van der Waals surface area (Å²) in [5, 5.41) is 6.03. The molecule has 5 heteroatoms. The summed E-state index contributed by atoms with van der Waals surface area (Å²) in [6, 6.07) is -0.190. The van der Waals surface area contributed by atoms with Crippen LogP contribution in [0.4, 0.5) is 0 Å². The first-order valence-electron chi connectivity index (χ1n) is 5.19. The molecule has 0 aliphatic carbocycles. The molecule has 1 aliphatic heterocycles. The fourth-order valence-corrected chi connectivity index (χ4v) is 1.76. The highest BCUT2D eigenvalue weighted by Crippen LogP contribution is 2.14. The van der Waals surface area contributed by atoms with Crippen LogP contribution in [0.5, 0.6) is 0 Å². The normalized spacial score (nSPS) is 26.8. The average Bonchev–Trinajstić information content (AvgIpc) is 2.21. The molecule has 0 unspecified atom stereocenters. The van der Waals surface area contributed by atoms with Gasteiger partial charge in [0.2, 0.25) is 5.91 Å². The first-order chi connectivity index (χ1) is 7.54. The van der Waals surface area contributed by atoms with Gasteiger partial charge in [0.05, 0.1) is 0 Å². The molecule has 0 spiro atoms. The molecule has 2 N–H and O–H groups in total. The second-order valence-corrected chi connectivity index (χ2v) is 5.06. The number of hydrogen-bond acceptors (Lipinski definition) is 2. The largest absolute Gasteiger partial charge is 0.351 e. The summed E-state index contributed by atoms with van der Waals surface area (Å²) in [5.74, 6) is -0.0365. The third-order valence-electron chi connectivity index (χ3n) is 2.38. The predicted octanol–water partition coefficient (Wildman–Crippen LogP) is 1.77. The minimum absolute atomic E-state index is 0.0365. The van der Waals surface area contributed by atoms with Crippen molar-refractivity contribution in [2.45, 2.75) is 30.3 Å². The van der Waals surface area contributed by atoms with E-state index >= 15 is 0 Å². The number of alkyl halides is 2. The van der Waals surface area contributed by atoms with Crippen LogP contribution in [-0.2, 0) is 4.79 Å². The van der Waals surface area contributed by atoms with Crippen molar-refractivity contribution in [3.05, 3.63) is 24.3 Å². The van der Waals surface area contributed by atoms with Gasteiger partial charge in [-0.2, -0.15) is 0 Å². The van der Waals surface area contributed by atoms with Gasteiger partial charge in [0.1, 0.15) is 10.9 Å².